The molecule has 0 aromatic rings. The maximum atomic E-state index is 3.57. The normalized spacial score (nSPS) is 14.1. The van der Waals surface area contributed by atoms with Crippen LogP contribution in [0.25, 0.3) is 0 Å². The smallest absolute Gasteiger partial charge is 0.0245 e. The van der Waals surface area contributed by atoms with E-state index in [1.807, 2.05) is 6.92 Å². The van der Waals surface area contributed by atoms with Crippen molar-refractivity contribution in [2.45, 2.75) is 65.8 Å². The highest BCUT2D eigenvalue weighted by Crippen LogP contribution is 2.18. The molecule has 0 aliphatic heterocycles. The Bertz CT molecular complexity index is 187. The molecule has 2 unspecified atom stereocenters. The van der Waals surface area contributed by atoms with Crippen molar-refractivity contribution in [3.05, 3.63) is 0 Å². The molecule has 15 heavy (non-hydrogen) atoms. The van der Waals surface area contributed by atoms with Crippen LogP contribution in [0.3, 0.4) is 0 Å². The lowest BCUT2D eigenvalue weighted by Crippen LogP contribution is -2.35. The van der Waals surface area contributed by atoms with E-state index in [0.29, 0.717) is 6.04 Å². The first-order chi connectivity index (χ1) is 7.29. The van der Waals surface area contributed by atoms with Crippen LogP contribution in [-0.2, 0) is 0 Å². The highest BCUT2D eigenvalue weighted by molar-refractivity contribution is 4.99. The summed E-state index contributed by atoms with van der Waals surface area (Å²) in [5.41, 5.74) is 0. The van der Waals surface area contributed by atoms with Crippen LogP contribution >= 0.6 is 0 Å². The van der Waals surface area contributed by atoms with Gasteiger partial charge < -0.3 is 5.32 Å². The second-order valence-corrected chi connectivity index (χ2v) is 4.11. The Morgan fingerprint density at radius 3 is 2.40 bits per heavy atom. The van der Waals surface area contributed by atoms with Crippen LogP contribution in [0.15, 0.2) is 0 Å². The minimum atomic E-state index is 0.596. The Hall–Kier alpha value is -0.480. The molecule has 0 amide bonds. The quantitative estimate of drug-likeness (QED) is 0.602. The molecule has 0 saturated carbocycles. The van der Waals surface area contributed by atoms with Crippen LogP contribution < -0.4 is 5.32 Å². The first-order valence-corrected chi connectivity index (χ1v) is 6.43. The molecular formula is C14H27N. The van der Waals surface area contributed by atoms with Gasteiger partial charge in [0.05, 0.1) is 0 Å². The summed E-state index contributed by atoms with van der Waals surface area (Å²) in [6, 6.07) is 0.596. The van der Waals surface area contributed by atoms with E-state index in [9.17, 15) is 0 Å². The Kier molecular flexibility index (Phi) is 9.73. The largest absolute Gasteiger partial charge is 0.313 e. The highest BCUT2D eigenvalue weighted by Gasteiger charge is 2.17. The van der Waals surface area contributed by atoms with Crippen molar-refractivity contribution in [3.8, 4) is 11.8 Å². The lowest BCUT2D eigenvalue weighted by molar-refractivity contribution is 0.325. The number of rotatable bonds is 8. The van der Waals surface area contributed by atoms with E-state index in [4.69, 9.17) is 0 Å². The Labute approximate surface area is 96.0 Å². The Morgan fingerprint density at radius 2 is 1.93 bits per heavy atom. The molecule has 0 aromatic heterocycles. The van der Waals surface area contributed by atoms with Gasteiger partial charge in [-0.3, -0.25) is 0 Å². The van der Waals surface area contributed by atoms with Crippen molar-refractivity contribution in [1.82, 2.24) is 5.32 Å². The molecule has 0 aliphatic carbocycles. The zero-order valence-corrected chi connectivity index (χ0v) is 10.9. The fourth-order valence-corrected chi connectivity index (χ4v) is 2.04. The number of unbranched alkanes of at least 4 members (excludes halogenated alkanes) is 1. The molecule has 2 atom stereocenters. The first-order valence-electron chi connectivity index (χ1n) is 6.43. The lowest BCUT2D eigenvalue weighted by atomic mass is 9.89. The maximum absolute atomic E-state index is 3.57. The summed E-state index contributed by atoms with van der Waals surface area (Å²) in [7, 11) is 0. The molecule has 1 heteroatoms. The molecule has 0 fully saturated rings. The fourth-order valence-electron chi connectivity index (χ4n) is 2.04. The van der Waals surface area contributed by atoms with Crippen molar-refractivity contribution in [2.24, 2.45) is 5.92 Å². The second kappa shape index (κ2) is 10.1. The summed E-state index contributed by atoms with van der Waals surface area (Å²) in [5, 5.41) is 3.57. The average Bonchev–Trinajstić information content (AvgIpc) is 2.26. The van der Waals surface area contributed by atoms with E-state index >= 15 is 0 Å². The predicted octanol–water partition coefficient (Wildman–Crippen LogP) is 3.59. The van der Waals surface area contributed by atoms with Crippen LogP contribution in [0.5, 0.6) is 0 Å². The van der Waals surface area contributed by atoms with Gasteiger partial charge >= 0.3 is 0 Å². The molecule has 0 radical (unpaired) electrons. The summed E-state index contributed by atoms with van der Waals surface area (Å²) >= 11 is 0. The van der Waals surface area contributed by atoms with Crippen molar-refractivity contribution in [1.29, 1.82) is 0 Å². The molecular weight excluding hydrogens is 182 g/mol. The zero-order valence-electron chi connectivity index (χ0n) is 10.9. The van der Waals surface area contributed by atoms with Gasteiger partial charge in [0.2, 0.25) is 0 Å². The van der Waals surface area contributed by atoms with Crippen molar-refractivity contribution in [3.63, 3.8) is 0 Å². The minimum absolute atomic E-state index is 0.596. The van der Waals surface area contributed by atoms with E-state index in [1.54, 1.807) is 0 Å². The standard InChI is InChI=1S/C14H27N/c1-5-9-11-13(7-3)14(15-8-4)12-10-6-2/h13-15H,5,7-9,11-12H2,1-4H3. The Morgan fingerprint density at radius 1 is 1.20 bits per heavy atom. The molecule has 0 rings (SSSR count). The van der Waals surface area contributed by atoms with Crippen molar-refractivity contribution in [2.75, 3.05) is 6.54 Å². The van der Waals surface area contributed by atoms with Crippen LogP contribution in [0.4, 0.5) is 0 Å². The second-order valence-electron chi connectivity index (χ2n) is 4.11. The molecule has 1 N–H and O–H groups in total. The van der Waals surface area contributed by atoms with Gasteiger partial charge in [-0.05, 0) is 25.8 Å². The molecule has 88 valence electrons. The van der Waals surface area contributed by atoms with E-state index < -0.39 is 0 Å². The number of nitrogens with one attached hydrogen (secondary N) is 1. The molecule has 0 aromatic carbocycles. The summed E-state index contributed by atoms with van der Waals surface area (Å²) < 4.78 is 0. The van der Waals surface area contributed by atoms with Crippen molar-refractivity contribution >= 4 is 0 Å². The van der Waals surface area contributed by atoms with E-state index in [0.717, 1.165) is 18.9 Å². The van der Waals surface area contributed by atoms with E-state index in [1.165, 1.54) is 25.7 Å². The van der Waals surface area contributed by atoms with Crippen LogP contribution in [0, 0.1) is 17.8 Å². The average molecular weight is 209 g/mol. The topological polar surface area (TPSA) is 12.0 Å². The van der Waals surface area contributed by atoms with Gasteiger partial charge in [-0.15, -0.1) is 11.8 Å². The third-order valence-corrected chi connectivity index (χ3v) is 2.99. The van der Waals surface area contributed by atoms with Gasteiger partial charge in [0.1, 0.15) is 0 Å². The van der Waals surface area contributed by atoms with Crippen LogP contribution in [0.1, 0.15) is 59.8 Å². The third kappa shape index (κ3) is 6.57. The summed E-state index contributed by atoms with van der Waals surface area (Å²) in [5.74, 6) is 7.01. The first kappa shape index (κ1) is 14.5. The molecule has 0 aliphatic rings. The van der Waals surface area contributed by atoms with Gasteiger partial charge in [0.25, 0.3) is 0 Å². The molecule has 0 bridgehead atoms. The van der Waals surface area contributed by atoms with Crippen molar-refractivity contribution < 1.29 is 0 Å². The SMILES string of the molecule is CC#CCC(NCC)C(CC)CCCC. The fraction of sp³-hybridized carbons (Fsp3) is 0.857. The highest BCUT2D eigenvalue weighted by atomic mass is 14.9. The summed E-state index contributed by atoms with van der Waals surface area (Å²) in [4.78, 5) is 0. The maximum Gasteiger partial charge on any atom is 0.0245 e. The zero-order chi connectivity index (χ0) is 11.5. The van der Waals surface area contributed by atoms with Crippen LogP contribution in [-0.4, -0.2) is 12.6 Å². The van der Waals surface area contributed by atoms with Gasteiger partial charge in [0.15, 0.2) is 0 Å². The monoisotopic (exact) mass is 209 g/mol. The third-order valence-electron chi connectivity index (χ3n) is 2.99. The molecule has 0 spiro atoms. The van der Waals surface area contributed by atoms with E-state index in [-0.39, 0.29) is 0 Å². The van der Waals surface area contributed by atoms with Gasteiger partial charge in [-0.1, -0.05) is 40.0 Å². The minimum Gasteiger partial charge on any atom is -0.313 e. The van der Waals surface area contributed by atoms with E-state index in [2.05, 4.69) is 37.9 Å². The molecule has 0 heterocycles. The summed E-state index contributed by atoms with van der Waals surface area (Å²) in [6.07, 6.45) is 6.26. The molecule has 0 saturated heterocycles. The van der Waals surface area contributed by atoms with Gasteiger partial charge in [-0.25, -0.2) is 0 Å². The van der Waals surface area contributed by atoms with Crippen LogP contribution in [0.2, 0.25) is 0 Å². The Balaban J connectivity index is 4.16. The predicted molar refractivity (Wildman–Crippen MR) is 68.8 cm³/mol. The van der Waals surface area contributed by atoms with Gasteiger partial charge in [-0.2, -0.15) is 0 Å². The lowest BCUT2D eigenvalue weighted by Gasteiger charge is -2.25. The number of hydrogen-bond donors (Lipinski definition) is 1. The summed E-state index contributed by atoms with van der Waals surface area (Å²) in [6.45, 7) is 9.72. The van der Waals surface area contributed by atoms with Gasteiger partial charge in [0, 0.05) is 12.5 Å². The number of hydrogen-bond acceptors (Lipinski definition) is 1. The molecule has 1 nitrogen and oxygen atoms in total.